The summed E-state index contributed by atoms with van der Waals surface area (Å²) in [6, 6.07) is 9.21. The number of hydrogen-bond donors (Lipinski definition) is 0. The standard InChI is InChI=1S/C15H9F4N3S/c1-22-9(8-5-3-2-4-6-8)7-20-15(22)23-12-10(16)13(18)21-14(19)11(12)17/h2-7H,1H3. The molecule has 8 heteroatoms. The summed E-state index contributed by atoms with van der Waals surface area (Å²) in [6.07, 6.45) is 1.52. The van der Waals surface area contributed by atoms with Crippen LogP contribution in [0.5, 0.6) is 0 Å². The zero-order chi connectivity index (χ0) is 16.6. The van der Waals surface area contributed by atoms with Gasteiger partial charge >= 0.3 is 0 Å². The maximum Gasteiger partial charge on any atom is 0.252 e. The number of benzene rings is 1. The zero-order valence-electron chi connectivity index (χ0n) is 11.7. The molecule has 0 spiro atoms. The van der Waals surface area contributed by atoms with Crippen LogP contribution in [0.15, 0.2) is 46.6 Å². The highest BCUT2D eigenvalue weighted by Crippen LogP contribution is 2.34. The van der Waals surface area contributed by atoms with Crippen molar-refractivity contribution in [1.29, 1.82) is 0 Å². The van der Waals surface area contributed by atoms with Crippen LogP contribution in [0.3, 0.4) is 0 Å². The van der Waals surface area contributed by atoms with Crippen molar-refractivity contribution < 1.29 is 17.6 Å². The van der Waals surface area contributed by atoms with Crippen LogP contribution in [-0.2, 0) is 7.05 Å². The summed E-state index contributed by atoms with van der Waals surface area (Å²) < 4.78 is 55.3. The summed E-state index contributed by atoms with van der Waals surface area (Å²) in [6.45, 7) is 0. The second kappa shape index (κ2) is 6.04. The van der Waals surface area contributed by atoms with Crippen molar-refractivity contribution in [3.05, 3.63) is 60.1 Å². The van der Waals surface area contributed by atoms with E-state index in [4.69, 9.17) is 0 Å². The van der Waals surface area contributed by atoms with Crippen LogP contribution >= 0.6 is 11.8 Å². The van der Waals surface area contributed by atoms with Crippen molar-refractivity contribution >= 4 is 11.8 Å². The molecule has 0 aliphatic carbocycles. The van der Waals surface area contributed by atoms with Gasteiger partial charge in [-0.2, -0.15) is 13.8 Å². The molecule has 0 saturated carbocycles. The Morgan fingerprint density at radius 2 is 1.57 bits per heavy atom. The highest BCUT2D eigenvalue weighted by atomic mass is 32.2. The largest absolute Gasteiger partial charge is 0.322 e. The van der Waals surface area contributed by atoms with Crippen molar-refractivity contribution in [2.45, 2.75) is 10.1 Å². The molecule has 2 heterocycles. The van der Waals surface area contributed by atoms with Gasteiger partial charge in [-0.05, 0) is 17.3 Å². The Kier molecular flexibility index (Phi) is 4.08. The Bertz CT molecular complexity index is 839. The van der Waals surface area contributed by atoms with Gasteiger partial charge in [-0.15, -0.1) is 0 Å². The minimum atomic E-state index is -1.69. The van der Waals surface area contributed by atoms with Crippen molar-refractivity contribution in [2.75, 3.05) is 0 Å². The van der Waals surface area contributed by atoms with Crippen LogP contribution in [0, 0.1) is 23.5 Å². The molecule has 0 aliphatic heterocycles. The average Bonchev–Trinajstić information content (AvgIpc) is 2.91. The van der Waals surface area contributed by atoms with Gasteiger partial charge in [0, 0.05) is 7.05 Å². The predicted molar refractivity (Wildman–Crippen MR) is 76.8 cm³/mol. The van der Waals surface area contributed by atoms with Crippen LogP contribution in [0.2, 0.25) is 0 Å². The fraction of sp³-hybridized carbons (Fsp3) is 0.0667. The van der Waals surface area contributed by atoms with Crippen LogP contribution in [0.25, 0.3) is 11.3 Å². The quantitative estimate of drug-likeness (QED) is 0.529. The second-order valence-electron chi connectivity index (χ2n) is 4.60. The third-order valence-corrected chi connectivity index (χ3v) is 4.29. The molecule has 1 aromatic carbocycles. The monoisotopic (exact) mass is 339 g/mol. The molecule has 0 amide bonds. The first-order valence-corrected chi connectivity index (χ1v) is 7.25. The molecule has 0 radical (unpaired) electrons. The first kappa shape index (κ1) is 15.5. The molecule has 0 saturated heterocycles. The lowest BCUT2D eigenvalue weighted by Gasteiger charge is -2.07. The van der Waals surface area contributed by atoms with Gasteiger partial charge < -0.3 is 4.57 Å². The van der Waals surface area contributed by atoms with Gasteiger partial charge in [-0.1, -0.05) is 30.3 Å². The van der Waals surface area contributed by atoms with Crippen LogP contribution in [-0.4, -0.2) is 14.5 Å². The lowest BCUT2D eigenvalue weighted by Crippen LogP contribution is -2.03. The molecule has 3 nitrogen and oxygen atoms in total. The number of hydrogen-bond acceptors (Lipinski definition) is 3. The Hall–Kier alpha value is -2.35. The van der Waals surface area contributed by atoms with Gasteiger partial charge in [-0.25, -0.2) is 13.8 Å². The number of aromatic nitrogens is 3. The van der Waals surface area contributed by atoms with Crippen molar-refractivity contribution in [3.63, 3.8) is 0 Å². The number of nitrogens with zero attached hydrogens (tertiary/aromatic N) is 3. The number of halogens is 4. The summed E-state index contributed by atoms with van der Waals surface area (Å²) >= 11 is 0.493. The number of pyridine rings is 1. The Morgan fingerprint density at radius 1 is 0.957 bits per heavy atom. The molecule has 0 N–H and O–H groups in total. The van der Waals surface area contributed by atoms with Gasteiger partial charge in [0.2, 0.25) is 0 Å². The van der Waals surface area contributed by atoms with Crippen LogP contribution < -0.4 is 0 Å². The molecule has 2 aromatic heterocycles. The Morgan fingerprint density at radius 3 is 2.17 bits per heavy atom. The van der Waals surface area contributed by atoms with E-state index in [2.05, 4.69) is 9.97 Å². The summed E-state index contributed by atoms with van der Waals surface area (Å²) in [5.74, 6) is -6.47. The number of imidazole rings is 1. The van der Waals surface area contributed by atoms with E-state index in [9.17, 15) is 17.6 Å². The molecule has 0 unspecified atom stereocenters. The van der Waals surface area contributed by atoms with E-state index < -0.39 is 28.4 Å². The third-order valence-electron chi connectivity index (χ3n) is 3.17. The molecule has 0 fully saturated rings. The van der Waals surface area contributed by atoms with E-state index in [-0.39, 0.29) is 5.16 Å². The highest BCUT2D eigenvalue weighted by molar-refractivity contribution is 7.99. The normalized spacial score (nSPS) is 11.0. The molecule has 0 bridgehead atoms. The molecule has 0 aliphatic rings. The first-order valence-electron chi connectivity index (χ1n) is 6.44. The third kappa shape index (κ3) is 2.81. The molecule has 3 aromatic rings. The van der Waals surface area contributed by atoms with E-state index in [1.54, 1.807) is 11.6 Å². The van der Waals surface area contributed by atoms with Gasteiger partial charge in [-0.3, -0.25) is 0 Å². The second-order valence-corrected chi connectivity index (χ2v) is 5.58. The van der Waals surface area contributed by atoms with E-state index >= 15 is 0 Å². The van der Waals surface area contributed by atoms with Gasteiger partial charge in [0.1, 0.15) is 0 Å². The summed E-state index contributed by atoms with van der Waals surface area (Å²) in [4.78, 5) is 5.77. The fourth-order valence-electron chi connectivity index (χ4n) is 2.01. The lowest BCUT2D eigenvalue weighted by molar-refractivity contribution is 0.383. The maximum absolute atomic E-state index is 13.7. The molecule has 0 atom stereocenters. The molecule has 118 valence electrons. The van der Waals surface area contributed by atoms with Crippen molar-refractivity contribution in [3.8, 4) is 11.3 Å². The fourth-order valence-corrected chi connectivity index (χ4v) is 2.88. The minimum absolute atomic E-state index is 0.187. The first-order chi connectivity index (χ1) is 11.0. The lowest BCUT2D eigenvalue weighted by atomic mass is 10.2. The minimum Gasteiger partial charge on any atom is -0.322 e. The van der Waals surface area contributed by atoms with Crippen molar-refractivity contribution in [2.24, 2.45) is 7.05 Å². The van der Waals surface area contributed by atoms with E-state index in [1.165, 1.54) is 6.20 Å². The van der Waals surface area contributed by atoms with Crippen LogP contribution in [0.1, 0.15) is 0 Å². The topological polar surface area (TPSA) is 30.7 Å². The van der Waals surface area contributed by atoms with Crippen LogP contribution in [0.4, 0.5) is 17.6 Å². The van der Waals surface area contributed by atoms with Gasteiger partial charge in [0.05, 0.1) is 16.8 Å². The zero-order valence-corrected chi connectivity index (χ0v) is 12.5. The highest BCUT2D eigenvalue weighted by Gasteiger charge is 2.23. The summed E-state index contributed by atoms with van der Waals surface area (Å²) in [5.41, 5.74) is 1.55. The summed E-state index contributed by atoms with van der Waals surface area (Å²) in [7, 11) is 1.64. The van der Waals surface area contributed by atoms with Crippen molar-refractivity contribution in [1.82, 2.24) is 14.5 Å². The molecule has 3 rings (SSSR count). The Labute approximate surface area is 133 Å². The van der Waals surface area contributed by atoms with E-state index in [0.29, 0.717) is 17.5 Å². The smallest absolute Gasteiger partial charge is 0.252 e. The Balaban J connectivity index is 2.02. The maximum atomic E-state index is 13.7. The van der Waals surface area contributed by atoms with Gasteiger partial charge in [0.15, 0.2) is 16.8 Å². The van der Waals surface area contributed by atoms with Gasteiger partial charge in [0.25, 0.3) is 11.9 Å². The molecular weight excluding hydrogens is 330 g/mol. The number of rotatable bonds is 3. The predicted octanol–water partition coefficient (Wildman–Crippen LogP) is 4.19. The van der Waals surface area contributed by atoms with E-state index in [0.717, 1.165) is 5.56 Å². The molecule has 23 heavy (non-hydrogen) atoms. The SMILES string of the molecule is Cn1c(-c2ccccc2)cnc1Sc1c(F)c(F)nc(F)c1F. The summed E-state index contributed by atoms with van der Waals surface area (Å²) in [5, 5.41) is 0.187. The average molecular weight is 339 g/mol. The van der Waals surface area contributed by atoms with E-state index in [1.807, 2.05) is 30.3 Å². The molecular formula is C15H9F4N3S.